The summed E-state index contributed by atoms with van der Waals surface area (Å²) < 4.78 is 39.0. The molecule has 0 fully saturated rings. The lowest BCUT2D eigenvalue weighted by molar-refractivity contribution is -0.137. The van der Waals surface area contributed by atoms with E-state index in [4.69, 9.17) is 0 Å². The Hall–Kier alpha value is -4.51. The summed E-state index contributed by atoms with van der Waals surface area (Å²) >= 11 is 0. The molecule has 0 saturated heterocycles. The predicted octanol–water partition coefficient (Wildman–Crippen LogP) is 11.0. The molecule has 5 heteroatoms. The molecule has 41 heavy (non-hydrogen) atoms. The fraction of sp³-hybridized carbons (Fsp3) is 0.167. The Morgan fingerprint density at radius 1 is 0.561 bits per heavy atom. The molecule has 0 aliphatic carbocycles. The quantitative estimate of drug-likeness (QED) is 0.196. The molecule has 5 aromatic carbocycles. The molecular weight excluding hydrogens is 517 g/mol. The van der Waals surface area contributed by atoms with Gasteiger partial charge in [0.05, 0.1) is 16.8 Å². The average Bonchev–Trinajstić information content (AvgIpc) is 3.01. The number of alkyl halides is 3. The van der Waals surface area contributed by atoms with Crippen molar-refractivity contribution in [3.8, 4) is 11.1 Å². The molecule has 0 radical (unpaired) electrons. The Labute approximate surface area is 240 Å². The van der Waals surface area contributed by atoms with Crippen LogP contribution in [0.1, 0.15) is 37.8 Å². The van der Waals surface area contributed by atoms with Gasteiger partial charge in [-0.05, 0) is 78.6 Å². The number of nitrogens with one attached hydrogen (secondary N) is 1. The third-order valence-electron chi connectivity index (χ3n) is 7.71. The Kier molecular flexibility index (Phi) is 8.16. The van der Waals surface area contributed by atoms with Gasteiger partial charge in [0.2, 0.25) is 0 Å². The van der Waals surface area contributed by atoms with Crippen LogP contribution in [0.15, 0.2) is 133 Å². The zero-order valence-corrected chi connectivity index (χ0v) is 23.2. The standard InChI is InChI=1S/C36H33F3N2/c1-3-35(4-2,40-30-25-21-28(22-26-30)27-19-23-29(24-20-27)36(37,38)39)33-17-11-12-18-34(33)41(31-13-7-5-8-14-31)32-15-9-6-10-16-32/h5-26,40H,3-4H2,1-2H3. The first-order chi connectivity index (χ1) is 19.8. The highest BCUT2D eigenvalue weighted by Gasteiger charge is 2.33. The number of halogens is 3. The normalized spacial score (nSPS) is 11.7. The number of anilines is 4. The molecule has 1 N–H and O–H groups in total. The third-order valence-corrected chi connectivity index (χ3v) is 7.71. The smallest absolute Gasteiger partial charge is 0.375 e. The van der Waals surface area contributed by atoms with Crippen LogP contribution in [-0.4, -0.2) is 0 Å². The van der Waals surface area contributed by atoms with Gasteiger partial charge >= 0.3 is 6.18 Å². The van der Waals surface area contributed by atoms with Gasteiger partial charge in [-0.25, -0.2) is 0 Å². The van der Waals surface area contributed by atoms with E-state index in [1.807, 2.05) is 36.4 Å². The van der Waals surface area contributed by atoms with E-state index in [9.17, 15) is 13.2 Å². The molecule has 0 aliphatic heterocycles. The van der Waals surface area contributed by atoms with Gasteiger partial charge in [0.25, 0.3) is 0 Å². The molecular formula is C36H33F3N2. The first kappa shape index (κ1) is 28.0. The van der Waals surface area contributed by atoms with Crippen LogP contribution in [0, 0.1) is 0 Å². The van der Waals surface area contributed by atoms with Crippen molar-refractivity contribution >= 4 is 22.7 Å². The molecule has 0 saturated carbocycles. The molecule has 0 amide bonds. The third kappa shape index (κ3) is 5.99. The molecule has 0 heterocycles. The summed E-state index contributed by atoms with van der Waals surface area (Å²) in [5.41, 5.74) is 5.98. The van der Waals surface area contributed by atoms with Gasteiger partial charge in [0.15, 0.2) is 0 Å². The maximum atomic E-state index is 13.0. The minimum atomic E-state index is -4.34. The summed E-state index contributed by atoms with van der Waals surface area (Å²) in [5, 5.41) is 3.84. The monoisotopic (exact) mass is 550 g/mol. The number of benzene rings is 5. The van der Waals surface area contributed by atoms with Gasteiger partial charge in [-0.1, -0.05) is 92.7 Å². The van der Waals surface area contributed by atoms with Crippen LogP contribution in [0.2, 0.25) is 0 Å². The zero-order chi connectivity index (χ0) is 28.9. The van der Waals surface area contributed by atoms with Crippen molar-refractivity contribution in [3.63, 3.8) is 0 Å². The largest absolute Gasteiger partial charge is 0.416 e. The minimum Gasteiger partial charge on any atom is -0.375 e. The van der Waals surface area contributed by atoms with Crippen molar-refractivity contribution in [2.24, 2.45) is 0 Å². The molecule has 208 valence electrons. The van der Waals surface area contributed by atoms with Gasteiger partial charge < -0.3 is 10.2 Å². The van der Waals surface area contributed by atoms with Gasteiger partial charge in [-0.3, -0.25) is 0 Å². The van der Waals surface area contributed by atoms with Crippen molar-refractivity contribution in [2.45, 2.75) is 38.4 Å². The fourth-order valence-corrected chi connectivity index (χ4v) is 5.40. The van der Waals surface area contributed by atoms with Gasteiger partial charge in [-0.2, -0.15) is 13.2 Å². The van der Waals surface area contributed by atoms with Crippen LogP contribution in [-0.2, 0) is 11.7 Å². The lowest BCUT2D eigenvalue weighted by atomic mass is 9.82. The number of hydrogen-bond acceptors (Lipinski definition) is 2. The van der Waals surface area contributed by atoms with Gasteiger partial charge in [0, 0.05) is 22.6 Å². The second kappa shape index (κ2) is 11.9. The molecule has 0 atom stereocenters. The average molecular weight is 551 g/mol. The van der Waals surface area contributed by atoms with E-state index in [2.05, 4.69) is 96.9 Å². The van der Waals surface area contributed by atoms with Crippen LogP contribution in [0.3, 0.4) is 0 Å². The highest BCUT2D eigenvalue weighted by molar-refractivity contribution is 5.79. The first-order valence-electron chi connectivity index (χ1n) is 13.9. The van der Waals surface area contributed by atoms with Crippen LogP contribution >= 0.6 is 0 Å². The van der Waals surface area contributed by atoms with E-state index in [0.717, 1.165) is 58.9 Å². The van der Waals surface area contributed by atoms with E-state index in [0.29, 0.717) is 0 Å². The van der Waals surface area contributed by atoms with Crippen LogP contribution in [0.5, 0.6) is 0 Å². The van der Waals surface area contributed by atoms with Crippen LogP contribution in [0.25, 0.3) is 11.1 Å². The first-order valence-corrected chi connectivity index (χ1v) is 13.9. The summed E-state index contributed by atoms with van der Waals surface area (Å²) in [7, 11) is 0. The Bertz CT molecular complexity index is 1500. The second-order valence-corrected chi connectivity index (χ2v) is 10.1. The Morgan fingerprint density at radius 2 is 1.02 bits per heavy atom. The molecule has 0 bridgehead atoms. The van der Waals surface area contributed by atoms with E-state index in [1.165, 1.54) is 17.7 Å². The minimum absolute atomic E-state index is 0.367. The number of hydrogen-bond donors (Lipinski definition) is 1. The molecule has 0 aromatic heterocycles. The summed E-state index contributed by atoms with van der Waals surface area (Å²) in [6.07, 6.45) is -2.65. The Morgan fingerprint density at radius 3 is 1.51 bits per heavy atom. The number of nitrogens with zero attached hydrogens (tertiary/aromatic N) is 1. The Balaban J connectivity index is 1.51. The van der Waals surface area contributed by atoms with Crippen molar-refractivity contribution in [3.05, 3.63) is 145 Å². The topological polar surface area (TPSA) is 15.3 Å². The van der Waals surface area contributed by atoms with E-state index in [1.54, 1.807) is 0 Å². The maximum Gasteiger partial charge on any atom is 0.416 e. The lowest BCUT2D eigenvalue weighted by Crippen LogP contribution is -2.35. The van der Waals surface area contributed by atoms with Crippen molar-refractivity contribution in [1.29, 1.82) is 0 Å². The SMILES string of the molecule is CCC(CC)(Nc1ccc(-c2ccc(C(F)(F)F)cc2)cc1)c1ccccc1N(c1ccccc1)c1ccccc1. The molecule has 5 aromatic rings. The molecule has 5 rings (SSSR count). The van der Waals surface area contributed by atoms with E-state index in [-0.39, 0.29) is 5.54 Å². The molecule has 0 aliphatic rings. The van der Waals surface area contributed by atoms with Crippen molar-refractivity contribution in [1.82, 2.24) is 0 Å². The summed E-state index contributed by atoms with van der Waals surface area (Å²) in [6, 6.07) is 42.5. The molecule has 0 spiro atoms. The van der Waals surface area contributed by atoms with Gasteiger partial charge in [-0.15, -0.1) is 0 Å². The predicted molar refractivity (Wildman–Crippen MR) is 164 cm³/mol. The maximum absolute atomic E-state index is 13.0. The van der Waals surface area contributed by atoms with Crippen molar-refractivity contribution < 1.29 is 13.2 Å². The molecule has 2 nitrogen and oxygen atoms in total. The van der Waals surface area contributed by atoms with E-state index >= 15 is 0 Å². The second-order valence-electron chi connectivity index (χ2n) is 10.1. The lowest BCUT2D eigenvalue weighted by Gasteiger charge is -2.39. The zero-order valence-electron chi connectivity index (χ0n) is 23.2. The van der Waals surface area contributed by atoms with Crippen LogP contribution < -0.4 is 10.2 Å². The highest BCUT2D eigenvalue weighted by Crippen LogP contribution is 2.44. The van der Waals surface area contributed by atoms with Gasteiger partial charge in [0.1, 0.15) is 0 Å². The summed E-state index contributed by atoms with van der Waals surface area (Å²) in [6.45, 7) is 4.39. The molecule has 0 unspecified atom stereocenters. The van der Waals surface area contributed by atoms with Crippen LogP contribution in [0.4, 0.5) is 35.9 Å². The van der Waals surface area contributed by atoms with E-state index < -0.39 is 11.7 Å². The van der Waals surface area contributed by atoms with Crippen molar-refractivity contribution in [2.75, 3.05) is 10.2 Å². The number of para-hydroxylation sites is 3. The highest BCUT2D eigenvalue weighted by atomic mass is 19.4. The summed E-state index contributed by atoms with van der Waals surface area (Å²) in [4.78, 5) is 2.30. The number of rotatable bonds is 9. The fourth-order valence-electron chi connectivity index (χ4n) is 5.40. The summed E-state index contributed by atoms with van der Waals surface area (Å²) in [5.74, 6) is 0.